The second kappa shape index (κ2) is 58.4. The zero-order chi connectivity index (χ0) is 62.9. The summed E-state index contributed by atoms with van der Waals surface area (Å²) in [6, 6.07) is 0. The third kappa shape index (κ3) is 59.5. The Hall–Kier alpha value is -1.94. The third-order valence-corrected chi connectivity index (χ3v) is 17.5. The van der Waals surface area contributed by atoms with E-state index in [1.807, 2.05) is 0 Å². The smallest absolute Gasteiger partial charge is 0.462 e. The standard InChI is InChI=1S/C66H128O17P2/c1-7-10-12-14-16-17-18-26-32-38-44-50-65(70)82-61(54-76-63(68)48-42-36-28-15-13-11-8-2)56-80-84(72,73)78-52-60(67)53-79-85(74,75)81-57-62(55-77-64(69)49-43-37-31-25-21-19-23-29-34-40-46-58(4)5)83-66(71)51-45-39-33-27-22-20-24-30-35-41-47-59(6)9-3/h58-62,67H,7-57H2,1-6H3,(H,72,73)(H,74,75)/t59?,60-,61+,62+/m0/s1. The predicted molar refractivity (Wildman–Crippen MR) is 340 cm³/mol. The first kappa shape index (κ1) is 83.1. The molecule has 0 saturated carbocycles. The number of rotatable bonds is 65. The molecule has 3 unspecified atom stereocenters. The molecule has 6 atom stereocenters. The normalized spacial score (nSPS) is 14.6. The lowest BCUT2D eigenvalue weighted by Crippen LogP contribution is -2.30. The van der Waals surface area contributed by atoms with E-state index in [2.05, 4.69) is 41.5 Å². The molecule has 0 spiro atoms. The summed E-state index contributed by atoms with van der Waals surface area (Å²) in [7, 11) is -9.89. The SMILES string of the molecule is CCCCCCCCCCCCCC(=O)O[C@H](COC(=O)CCCCCCCCC)COP(=O)(O)OC[C@H](O)COP(=O)(O)OC[C@@H](COC(=O)CCCCCCCCCCCCC(C)C)OC(=O)CCCCCCCCCCCCC(C)CC. The second-order valence-electron chi connectivity index (χ2n) is 24.6. The van der Waals surface area contributed by atoms with Crippen LogP contribution in [0.3, 0.4) is 0 Å². The Bertz CT molecular complexity index is 1670. The molecule has 0 saturated heterocycles. The van der Waals surface area contributed by atoms with E-state index in [-0.39, 0.29) is 25.7 Å². The van der Waals surface area contributed by atoms with E-state index < -0.39 is 97.5 Å². The van der Waals surface area contributed by atoms with Gasteiger partial charge in [-0.15, -0.1) is 0 Å². The van der Waals surface area contributed by atoms with Crippen LogP contribution < -0.4 is 0 Å². The van der Waals surface area contributed by atoms with Crippen LogP contribution in [0.5, 0.6) is 0 Å². The number of aliphatic hydroxyl groups is 1. The number of hydrogen-bond acceptors (Lipinski definition) is 15. The van der Waals surface area contributed by atoms with Crippen molar-refractivity contribution in [1.82, 2.24) is 0 Å². The van der Waals surface area contributed by atoms with Gasteiger partial charge < -0.3 is 33.8 Å². The molecule has 17 nitrogen and oxygen atoms in total. The third-order valence-electron chi connectivity index (χ3n) is 15.6. The lowest BCUT2D eigenvalue weighted by molar-refractivity contribution is -0.161. The number of hydrogen-bond donors (Lipinski definition) is 3. The summed E-state index contributed by atoms with van der Waals surface area (Å²) in [4.78, 5) is 72.2. The van der Waals surface area contributed by atoms with Gasteiger partial charge in [-0.2, -0.15) is 0 Å². The molecule has 0 aromatic carbocycles. The van der Waals surface area contributed by atoms with Crippen molar-refractivity contribution >= 4 is 39.5 Å². The number of esters is 4. The lowest BCUT2D eigenvalue weighted by atomic mass is 9.99. The first-order valence-electron chi connectivity index (χ1n) is 34.5. The van der Waals surface area contributed by atoms with Gasteiger partial charge in [-0.3, -0.25) is 37.3 Å². The first-order valence-corrected chi connectivity index (χ1v) is 37.5. The Balaban J connectivity index is 5.22. The van der Waals surface area contributed by atoms with Crippen LogP contribution in [0.15, 0.2) is 0 Å². The Morgan fingerprint density at radius 1 is 0.341 bits per heavy atom. The molecule has 0 aliphatic rings. The molecule has 0 heterocycles. The largest absolute Gasteiger partial charge is 0.472 e. The van der Waals surface area contributed by atoms with Gasteiger partial charge in [0.15, 0.2) is 12.2 Å². The zero-order valence-corrected chi connectivity index (χ0v) is 56.7. The average molecular weight is 1260 g/mol. The number of carbonyl (C=O) groups is 4. The highest BCUT2D eigenvalue weighted by Gasteiger charge is 2.30. The second-order valence-corrected chi connectivity index (χ2v) is 27.5. The summed E-state index contributed by atoms with van der Waals surface area (Å²) < 4.78 is 68.0. The van der Waals surface area contributed by atoms with Crippen molar-refractivity contribution in [3.63, 3.8) is 0 Å². The number of ether oxygens (including phenoxy) is 4. The Labute approximate surface area is 517 Å². The van der Waals surface area contributed by atoms with Crippen molar-refractivity contribution in [2.45, 2.75) is 349 Å². The summed E-state index contributed by atoms with van der Waals surface area (Å²) in [5.74, 6) is -0.572. The highest BCUT2D eigenvalue weighted by Crippen LogP contribution is 2.45. The molecular weight excluding hydrogens is 1130 g/mol. The number of phosphoric acid groups is 2. The van der Waals surface area contributed by atoms with Crippen LogP contribution in [0.4, 0.5) is 0 Å². The van der Waals surface area contributed by atoms with Gasteiger partial charge in [0.2, 0.25) is 0 Å². The van der Waals surface area contributed by atoms with E-state index in [4.69, 9.17) is 37.0 Å². The number of carbonyl (C=O) groups excluding carboxylic acids is 4. The van der Waals surface area contributed by atoms with Crippen molar-refractivity contribution in [2.75, 3.05) is 39.6 Å². The molecule has 0 aromatic heterocycles. The Morgan fingerprint density at radius 3 is 0.894 bits per heavy atom. The van der Waals surface area contributed by atoms with Gasteiger partial charge in [0.05, 0.1) is 26.4 Å². The molecule has 0 aliphatic heterocycles. The quantitative estimate of drug-likeness (QED) is 0.0222. The fourth-order valence-electron chi connectivity index (χ4n) is 9.85. The van der Waals surface area contributed by atoms with Crippen molar-refractivity contribution in [3.05, 3.63) is 0 Å². The summed E-state index contributed by atoms with van der Waals surface area (Å²) in [5, 5.41) is 10.5. The van der Waals surface area contributed by atoms with Crippen LogP contribution in [0.25, 0.3) is 0 Å². The number of aliphatic hydroxyl groups excluding tert-OH is 1. The maximum absolute atomic E-state index is 13.0. The summed E-state index contributed by atoms with van der Waals surface area (Å²) in [6.45, 7) is 9.49. The Morgan fingerprint density at radius 2 is 0.600 bits per heavy atom. The molecule has 0 aromatic rings. The monoisotopic (exact) mass is 1250 g/mol. The van der Waals surface area contributed by atoms with Crippen LogP contribution in [-0.4, -0.2) is 96.7 Å². The Kier molecular flexibility index (Phi) is 57.1. The maximum Gasteiger partial charge on any atom is 0.472 e. The van der Waals surface area contributed by atoms with Crippen LogP contribution in [0, 0.1) is 11.8 Å². The van der Waals surface area contributed by atoms with E-state index >= 15 is 0 Å². The van der Waals surface area contributed by atoms with E-state index in [0.29, 0.717) is 25.7 Å². The minimum absolute atomic E-state index is 0.106. The van der Waals surface area contributed by atoms with Gasteiger partial charge in [-0.25, -0.2) is 9.13 Å². The van der Waals surface area contributed by atoms with Crippen LogP contribution >= 0.6 is 15.6 Å². The van der Waals surface area contributed by atoms with Gasteiger partial charge in [0.25, 0.3) is 0 Å². The molecular formula is C66H128O17P2. The lowest BCUT2D eigenvalue weighted by Gasteiger charge is -2.21. The summed E-state index contributed by atoms with van der Waals surface area (Å²) in [5.41, 5.74) is 0. The molecule has 0 fully saturated rings. The molecule has 0 rings (SSSR count). The van der Waals surface area contributed by atoms with Gasteiger partial charge in [0.1, 0.15) is 19.3 Å². The molecule has 3 N–H and O–H groups in total. The molecule has 85 heavy (non-hydrogen) atoms. The summed E-state index contributed by atoms with van der Waals surface area (Å²) in [6.07, 6.45) is 41.6. The van der Waals surface area contributed by atoms with Gasteiger partial charge >= 0.3 is 39.5 Å². The molecule has 0 radical (unpaired) electrons. The fourth-order valence-corrected chi connectivity index (χ4v) is 11.4. The number of unbranched alkanes of at least 4 members (excludes halogenated alkanes) is 34. The van der Waals surface area contributed by atoms with Crippen molar-refractivity contribution in [3.8, 4) is 0 Å². The molecule has 0 aliphatic carbocycles. The zero-order valence-electron chi connectivity index (χ0n) is 54.9. The molecule has 19 heteroatoms. The molecule has 0 bridgehead atoms. The highest BCUT2D eigenvalue weighted by molar-refractivity contribution is 7.47. The van der Waals surface area contributed by atoms with Crippen molar-refractivity contribution in [1.29, 1.82) is 0 Å². The minimum atomic E-state index is -4.95. The van der Waals surface area contributed by atoms with E-state index in [9.17, 15) is 43.2 Å². The minimum Gasteiger partial charge on any atom is -0.462 e. The highest BCUT2D eigenvalue weighted by atomic mass is 31.2. The van der Waals surface area contributed by atoms with Crippen molar-refractivity contribution in [2.24, 2.45) is 11.8 Å². The van der Waals surface area contributed by atoms with Gasteiger partial charge in [-0.1, -0.05) is 279 Å². The van der Waals surface area contributed by atoms with Crippen LogP contribution in [-0.2, 0) is 65.4 Å². The number of phosphoric ester groups is 2. The van der Waals surface area contributed by atoms with Gasteiger partial charge in [0, 0.05) is 25.7 Å². The van der Waals surface area contributed by atoms with E-state index in [1.54, 1.807) is 0 Å². The first-order chi connectivity index (χ1) is 40.9. The summed E-state index contributed by atoms with van der Waals surface area (Å²) >= 11 is 0. The van der Waals surface area contributed by atoms with E-state index in [0.717, 1.165) is 115 Å². The van der Waals surface area contributed by atoms with Crippen LogP contribution in [0.2, 0.25) is 0 Å². The average Bonchev–Trinajstić information content (AvgIpc) is 3.56. The topological polar surface area (TPSA) is 237 Å². The molecule has 0 amide bonds. The van der Waals surface area contributed by atoms with E-state index in [1.165, 1.54) is 135 Å². The predicted octanol–water partition coefficient (Wildman–Crippen LogP) is 18.4. The maximum atomic E-state index is 13.0. The van der Waals surface area contributed by atoms with Crippen LogP contribution in [0.1, 0.15) is 330 Å². The fraction of sp³-hybridized carbons (Fsp3) is 0.939. The molecule has 504 valence electrons. The van der Waals surface area contributed by atoms with Gasteiger partial charge in [-0.05, 0) is 37.5 Å². The van der Waals surface area contributed by atoms with Crippen molar-refractivity contribution < 1.29 is 80.2 Å².